The Labute approximate surface area is 151 Å². The van der Waals surface area contributed by atoms with Gasteiger partial charge in [0.15, 0.2) is 0 Å². The Kier molecular flexibility index (Phi) is 4.52. The maximum Gasteiger partial charge on any atom is 0.245 e. The second kappa shape index (κ2) is 6.97. The quantitative estimate of drug-likeness (QED) is 0.700. The summed E-state index contributed by atoms with van der Waals surface area (Å²) < 4.78 is 33.5. The Morgan fingerprint density at radius 3 is 2.58 bits per heavy atom. The van der Waals surface area contributed by atoms with Crippen molar-refractivity contribution in [3.63, 3.8) is 0 Å². The van der Waals surface area contributed by atoms with E-state index in [-0.39, 0.29) is 11.0 Å². The average molecular weight is 370 g/mol. The van der Waals surface area contributed by atoms with Crippen LogP contribution < -0.4 is 4.74 Å². The van der Waals surface area contributed by atoms with Gasteiger partial charge in [-0.2, -0.15) is 4.31 Å². The van der Waals surface area contributed by atoms with Gasteiger partial charge in [0, 0.05) is 36.9 Å². The zero-order valence-corrected chi connectivity index (χ0v) is 14.8. The summed E-state index contributed by atoms with van der Waals surface area (Å²) in [6.45, 7) is 0.808. The zero-order chi connectivity index (χ0) is 18.0. The molecule has 134 valence electrons. The first-order chi connectivity index (χ1) is 12.6. The number of para-hydroxylation sites is 1. The summed E-state index contributed by atoms with van der Waals surface area (Å²) in [7, 11) is -3.60. The van der Waals surface area contributed by atoms with Crippen molar-refractivity contribution in [1.82, 2.24) is 19.3 Å². The van der Waals surface area contributed by atoms with Crippen molar-refractivity contribution in [1.29, 1.82) is 0 Å². The van der Waals surface area contributed by atoms with Crippen molar-refractivity contribution in [3.8, 4) is 5.88 Å². The Balaban J connectivity index is 1.51. The first-order valence-corrected chi connectivity index (χ1v) is 9.85. The Bertz CT molecular complexity index is 998. The summed E-state index contributed by atoms with van der Waals surface area (Å²) in [5.74, 6) is 0.513. The zero-order valence-electron chi connectivity index (χ0n) is 14.0. The van der Waals surface area contributed by atoms with E-state index in [0.717, 1.165) is 5.39 Å². The van der Waals surface area contributed by atoms with E-state index in [1.807, 2.05) is 12.1 Å². The van der Waals surface area contributed by atoms with Crippen LogP contribution in [0.15, 0.2) is 60.0 Å². The maximum absolute atomic E-state index is 13.1. The number of hydrogen-bond donors (Lipinski definition) is 0. The lowest BCUT2D eigenvalue weighted by Gasteiger charge is -2.31. The van der Waals surface area contributed by atoms with Crippen molar-refractivity contribution in [2.45, 2.75) is 23.8 Å². The third-order valence-electron chi connectivity index (χ3n) is 4.46. The van der Waals surface area contributed by atoms with Crippen molar-refractivity contribution in [2.24, 2.45) is 0 Å². The number of sulfonamides is 1. The van der Waals surface area contributed by atoms with Gasteiger partial charge < -0.3 is 4.74 Å². The fourth-order valence-electron chi connectivity index (χ4n) is 3.13. The fourth-order valence-corrected chi connectivity index (χ4v) is 4.77. The van der Waals surface area contributed by atoms with Crippen molar-refractivity contribution >= 4 is 20.9 Å². The van der Waals surface area contributed by atoms with Gasteiger partial charge in [0.05, 0.1) is 5.52 Å². The van der Waals surface area contributed by atoms with Crippen LogP contribution in [0.4, 0.5) is 0 Å². The van der Waals surface area contributed by atoms with Gasteiger partial charge in [0.1, 0.15) is 17.3 Å². The number of piperidine rings is 1. The number of nitrogens with zero attached hydrogens (tertiary/aromatic N) is 4. The summed E-state index contributed by atoms with van der Waals surface area (Å²) in [6, 6.07) is 10.6. The number of hydrogen-bond acceptors (Lipinski definition) is 6. The molecule has 1 aromatic carbocycles. The smallest absolute Gasteiger partial charge is 0.245 e. The van der Waals surface area contributed by atoms with Crippen LogP contribution in [0, 0.1) is 0 Å². The lowest BCUT2D eigenvalue weighted by molar-refractivity contribution is 0.129. The highest BCUT2D eigenvalue weighted by molar-refractivity contribution is 7.89. The monoisotopic (exact) mass is 370 g/mol. The van der Waals surface area contributed by atoms with Crippen molar-refractivity contribution in [2.75, 3.05) is 13.1 Å². The predicted molar refractivity (Wildman–Crippen MR) is 96.2 cm³/mol. The average Bonchev–Trinajstić information content (AvgIpc) is 2.69. The molecule has 0 aliphatic carbocycles. The summed E-state index contributed by atoms with van der Waals surface area (Å²) >= 11 is 0. The highest BCUT2D eigenvalue weighted by Gasteiger charge is 2.31. The molecule has 1 saturated heterocycles. The number of benzene rings is 1. The highest BCUT2D eigenvalue weighted by atomic mass is 32.2. The first-order valence-electron chi connectivity index (χ1n) is 8.41. The van der Waals surface area contributed by atoms with Crippen LogP contribution in [0.2, 0.25) is 0 Å². The molecule has 1 aliphatic rings. The number of aromatic nitrogens is 3. The molecule has 0 N–H and O–H groups in total. The number of ether oxygens (including phenoxy) is 1. The van der Waals surface area contributed by atoms with Gasteiger partial charge in [0.25, 0.3) is 0 Å². The topological polar surface area (TPSA) is 85.3 Å². The van der Waals surface area contributed by atoms with Gasteiger partial charge in [-0.15, -0.1) is 0 Å². The van der Waals surface area contributed by atoms with Crippen LogP contribution in [-0.4, -0.2) is 46.9 Å². The number of fused-ring (bicyclic) bond motifs is 1. The number of rotatable bonds is 4. The second-order valence-electron chi connectivity index (χ2n) is 6.10. The van der Waals surface area contributed by atoms with Crippen molar-refractivity contribution < 1.29 is 13.2 Å². The predicted octanol–water partition coefficient (Wildman–Crippen LogP) is 2.26. The Morgan fingerprint density at radius 1 is 1.00 bits per heavy atom. The third kappa shape index (κ3) is 3.25. The van der Waals surface area contributed by atoms with Gasteiger partial charge in [-0.25, -0.2) is 18.4 Å². The summed E-state index contributed by atoms with van der Waals surface area (Å²) in [5.41, 5.74) is 0.509. The van der Waals surface area contributed by atoms with Crippen LogP contribution in [-0.2, 0) is 10.0 Å². The second-order valence-corrected chi connectivity index (χ2v) is 8.01. The van der Waals surface area contributed by atoms with E-state index in [0.29, 0.717) is 37.3 Å². The highest BCUT2D eigenvalue weighted by Crippen LogP contribution is 2.27. The first kappa shape index (κ1) is 16.9. The lowest BCUT2D eigenvalue weighted by atomic mass is 10.1. The summed E-state index contributed by atoms with van der Waals surface area (Å²) in [6.07, 6.45) is 5.84. The fraction of sp³-hybridized carbons (Fsp3) is 0.278. The van der Waals surface area contributed by atoms with Crippen LogP contribution in [0.5, 0.6) is 5.88 Å². The summed E-state index contributed by atoms with van der Waals surface area (Å²) in [4.78, 5) is 12.4. The van der Waals surface area contributed by atoms with E-state index < -0.39 is 10.0 Å². The molecule has 4 rings (SSSR count). The van der Waals surface area contributed by atoms with Crippen LogP contribution in [0.3, 0.4) is 0 Å². The van der Waals surface area contributed by atoms with Gasteiger partial charge in [-0.1, -0.05) is 18.2 Å². The van der Waals surface area contributed by atoms with Crippen LogP contribution in [0.1, 0.15) is 12.8 Å². The molecule has 0 spiro atoms. The molecule has 3 aromatic rings. The van der Waals surface area contributed by atoms with E-state index in [2.05, 4.69) is 15.0 Å². The van der Waals surface area contributed by atoms with E-state index in [1.54, 1.807) is 36.7 Å². The summed E-state index contributed by atoms with van der Waals surface area (Å²) in [5, 5.41) is 0.815. The molecule has 1 aliphatic heterocycles. The molecule has 26 heavy (non-hydrogen) atoms. The van der Waals surface area contributed by atoms with E-state index in [1.165, 1.54) is 10.6 Å². The van der Waals surface area contributed by atoms with Gasteiger partial charge in [0.2, 0.25) is 15.9 Å². The largest absolute Gasteiger partial charge is 0.474 e. The molecule has 0 atom stereocenters. The molecular weight excluding hydrogens is 352 g/mol. The Morgan fingerprint density at radius 2 is 1.81 bits per heavy atom. The van der Waals surface area contributed by atoms with Crippen LogP contribution in [0.25, 0.3) is 10.9 Å². The SMILES string of the molecule is O=S(=O)(c1cccc2cccnc12)N1CCC(Oc2ccncn2)CC1. The van der Waals surface area contributed by atoms with E-state index in [9.17, 15) is 8.42 Å². The lowest BCUT2D eigenvalue weighted by Crippen LogP contribution is -2.41. The van der Waals surface area contributed by atoms with Gasteiger partial charge >= 0.3 is 0 Å². The number of pyridine rings is 1. The van der Waals surface area contributed by atoms with Gasteiger partial charge in [-0.05, 0) is 25.0 Å². The van der Waals surface area contributed by atoms with E-state index in [4.69, 9.17) is 4.74 Å². The standard InChI is InChI=1S/C18H18N4O3S/c23-26(24,16-5-1-3-14-4-2-9-20-18(14)16)22-11-7-15(8-12-22)25-17-6-10-19-13-21-17/h1-6,9-10,13,15H,7-8,11-12H2. The molecule has 8 heteroatoms. The van der Waals surface area contributed by atoms with E-state index >= 15 is 0 Å². The minimum atomic E-state index is -3.60. The molecular formula is C18H18N4O3S. The van der Waals surface area contributed by atoms with Gasteiger partial charge in [-0.3, -0.25) is 4.98 Å². The third-order valence-corrected chi connectivity index (χ3v) is 6.39. The van der Waals surface area contributed by atoms with Crippen molar-refractivity contribution in [3.05, 3.63) is 55.1 Å². The molecule has 7 nitrogen and oxygen atoms in total. The minimum absolute atomic E-state index is 0.0537. The van der Waals surface area contributed by atoms with Crippen LogP contribution >= 0.6 is 0 Å². The molecule has 0 radical (unpaired) electrons. The normalized spacial score (nSPS) is 16.6. The maximum atomic E-state index is 13.1. The molecule has 2 aromatic heterocycles. The molecule has 3 heterocycles. The molecule has 0 saturated carbocycles. The molecule has 1 fully saturated rings. The molecule has 0 unspecified atom stereocenters. The molecule has 0 bridgehead atoms. The minimum Gasteiger partial charge on any atom is -0.474 e. The molecule has 0 amide bonds. The Hall–Kier alpha value is -2.58.